The molecule has 0 saturated heterocycles. The molecular weight excluding hydrogens is 216 g/mol. The van der Waals surface area contributed by atoms with Crippen molar-refractivity contribution < 1.29 is 4.92 Å². The molecule has 0 heterocycles. The van der Waals surface area contributed by atoms with Gasteiger partial charge in [-0.2, -0.15) is 0 Å². The van der Waals surface area contributed by atoms with Gasteiger partial charge in [0.2, 0.25) is 0 Å². The lowest BCUT2D eigenvalue weighted by Gasteiger charge is -2.19. The third kappa shape index (κ3) is 2.64. The number of hydrogen-bond acceptors (Lipinski definition) is 3. The Balaban J connectivity index is 2.27. The topological polar surface area (TPSA) is 69.2 Å². The van der Waals surface area contributed by atoms with E-state index in [-0.39, 0.29) is 16.7 Å². The highest BCUT2D eigenvalue weighted by molar-refractivity contribution is 5.40. The van der Waals surface area contributed by atoms with Crippen LogP contribution < -0.4 is 5.73 Å². The van der Waals surface area contributed by atoms with Crippen molar-refractivity contribution in [3.05, 3.63) is 39.4 Å². The van der Waals surface area contributed by atoms with Crippen molar-refractivity contribution in [2.75, 3.05) is 0 Å². The molecule has 0 amide bonds. The van der Waals surface area contributed by atoms with Gasteiger partial charge in [-0.25, -0.2) is 0 Å². The number of rotatable bonds is 3. The molecule has 1 atom stereocenters. The van der Waals surface area contributed by atoms with E-state index in [4.69, 9.17) is 5.73 Å². The van der Waals surface area contributed by atoms with E-state index in [0.717, 1.165) is 24.0 Å². The standard InChI is InChI=1S/C13H18N2O2/c1-9-6-11(8-12(7-9)15(16)17)13(14)10-4-2-3-5-10/h6-8,10,13H,2-5,14H2,1H3. The maximum Gasteiger partial charge on any atom is 0.270 e. The predicted molar refractivity (Wildman–Crippen MR) is 66.7 cm³/mol. The molecule has 1 aromatic carbocycles. The quantitative estimate of drug-likeness (QED) is 0.645. The van der Waals surface area contributed by atoms with E-state index < -0.39 is 0 Å². The second kappa shape index (κ2) is 4.84. The highest BCUT2D eigenvalue weighted by Crippen LogP contribution is 2.35. The average molecular weight is 234 g/mol. The number of nitro groups is 1. The predicted octanol–water partition coefficient (Wildman–Crippen LogP) is 3.09. The molecule has 0 bridgehead atoms. The summed E-state index contributed by atoms with van der Waals surface area (Å²) in [6, 6.07) is 5.12. The van der Waals surface area contributed by atoms with E-state index in [1.54, 1.807) is 12.1 Å². The van der Waals surface area contributed by atoms with Crippen molar-refractivity contribution in [3.63, 3.8) is 0 Å². The van der Waals surface area contributed by atoms with Gasteiger partial charge in [-0.15, -0.1) is 0 Å². The largest absolute Gasteiger partial charge is 0.324 e. The van der Waals surface area contributed by atoms with Crippen molar-refractivity contribution in [2.45, 2.75) is 38.6 Å². The second-order valence-corrected chi connectivity index (χ2v) is 4.93. The summed E-state index contributed by atoms with van der Waals surface area (Å²) in [6.07, 6.45) is 4.74. The monoisotopic (exact) mass is 234 g/mol. The minimum absolute atomic E-state index is 0.0592. The average Bonchev–Trinajstić information content (AvgIpc) is 2.80. The molecule has 1 aliphatic rings. The molecule has 2 N–H and O–H groups in total. The summed E-state index contributed by atoms with van der Waals surface area (Å²) >= 11 is 0. The minimum atomic E-state index is -0.349. The Morgan fingerprint density at radius 1 is 1.35 bits per heavy atom. The van der Waals surface area contributed by atoms with Gasteiger partial charge < -0.3 is 5.73 Å². The Morgan fingerprint density at radius 2 is 2.00 bits per heavy atom. The molecule has 0 aliphatic heterocycles. The molecule has 1 saturated carbocycles. The number of benzene rings is 1. The van der Waals surface area contributed by atoms with Gasteiger partial charge in [-0.05, 0) is 36.8 Å². The van der Waals surface area contributed by atoms with E-state index in [0.29, 0.717) is 5.92 Å². The summed E-state index contributed by atoms with van der Waals surface area (Å²) in [5.41, 5.74) is 8.17. The molecule has 4 heteroatoms. The molecule has 4 nitrogen and oxygen atoms in total. The lowest BCUT2D eigenvalue weighted by atomic mass is 9.91. The summed E-state index contributed by atoms with van der Waals surface area (Å²) in [7, 11) is 0. The lowest BCUT2D eigenvalue weighted by molar-refractivity contribution is -0.385. The molecule has 0 spiro atoms. The van der Waals surface area contributed by atoms with Gasteiger partial charge in [0, 0.05) is 18.2 Å². The summed E-state index contributed by atoms with van der Waals surface area (Å²) in [5, 5.41) is 10.8. The number of non-ortho nitro benzene ring substituents is 1. The van der Waals surface area contributed by atoms with Crippen LogP contribution in [0.1, 0.15) is 42.9 Å². The van der Waals surface area contributed by atoms with E-state index in [1.807, 2.05) is 13.0 Å². The van der Waals surface area contributed by atoms with Crippen LogP contribution >= 0.6 is 0 Å². The summed E-state index contributed by atoms with van der Waals surface area (Å²) in [4.78, 5) is 10.5. The molecule has 0 aromatic heterocycles. The third-order valence-electron chi connectivity index (χ3n) is 3.59. The van der Waals surface area contributed by atoms with Crippen molar-refractivity contribution in [2.24, 2.45) is 11.7 Å². The van der Waals surface area contributed by atoms with Gasteiger partial charge in [0.15, 0.2) is 0 Å². The third-order valence-corrected chi connectivity index (χ3v) is 3.59. The van der Waals surface area contributed by atoms with Crippen LogP contribution in [0.25, 0.3) is 0 Å². The van der Waals surface area contributed by atoms with Crippen LogP contribution in [-0.2, 0) is 0 Å². The van der Waals surface area contributed by atoms with Crippen molar-refractivity contribution >= 4 is 5.69 Å². The molecule has 1 aromatic rings. The SMILES string of the molecule is Cc1cc(C(N)C2CCCC2)cc([N+](=O)[O-])c1. The summed E-state index contributed by atoms with van der Waals surface area (Å²) < 4.78 is 0. The van der Waals surface area contributed by atoms with Crippen molar-refractivity contribution in [3.8, 4) is 0 Å². The van der Waals surface area contributed by atoms with Crippen LogP contribution in [0.15, 0.2) is 18.2 Å². The molecule has 0 radical (unpaired) electrons. The van der Waals surface area contributed by atoms with Crippen LogP contribution in [0.5, 0.6) is 0 Å². The number of nitro benzene ring substituents is 1. The second-order valence-electron chi connectivity index (χ2n) is 4.93. The van der Waals surface area contributed by atoms with E-state index in [1.165, 1.54) is 12.8 Å². The van der Waals surface area contributed by atoms with E-state index in [9.17, 15) is 10.1 Å². The molecule has 17 heavy (non-hydrogen) atoms. The molecule has 1 unspecified atom stereocenters. The first-order chi connectivity index (χ1) is 8.08. The van der Waals surface area contributed by atoms with E-state index >= 15 is 0 Å². The van der Waals surface area contributed by atoms with Crippen LogP contribution in [0.2, 0.25) is 0 Å². The highest BCUT2D eigenvalue weighted by Gasteiger charge is 2.24. The maximum absolute atomic E-state index is 10.8. The first-order valence-electron chi connectivity index (χ1n) is 6.09. The lowest BCUT2D eigenvalue weighted by Crippen LogP contribution is -2.19. The fraction of sp³-hybridized carbons (Fsp3) is 0.538. The molecular formula is C13H18N2O2. The molecule has 92 valence electrons. The first-order valence-corrected chi connectivity index (χ1v) is 6.09. The Bertz CT molecular complexity index is 425. The van der Waals surface area contributed by atoms with Crippen LogP contribution in [-0.4, -0.2) is 4.92 Å². The number of hydrogen-bond donors (Lipinski definition) is 1. The van der Waals surface area contributed by atoms with Gasteiger partial charge in [-0.3, -0.25) is 10.1 Å². The zero-order valence-corrected chi connectivity index (χ0v) is 10.1. The molecule has 1 aliphatic carbocycles. The fourth-order valence-electron chi connectivity index (χ4n) is 2.68. The van der Waals surface area contributed by atoms with Crippen molar-refractivity contribution in [1.82, 2.24) is 0 Å². The van der Waals surface area contributed by atoms with Gasteiger partial charge in [0.1, 0.15) is 0 Å². The first kappa shape index (κ1) is 12.0. The number of nitrogens with zero attached hydrogens (tertiary/aromatic N) is 1. The smallest absolute Gasteiger partial charge is 0.270 e. The van der Waals surface area contributed by atoms with Crippen LogP contribution in [0.4, 0.5) is 5.69 Å². The molecule has 1 fully saturated rings. The Morgan fingerprint density at radius 3 is 2.59 bits per heavy atom. The normalized spacial score (nSPS) is 18.2. The molecule has 2 rings (SSSR count). The zero-order valence-electron chi connectivity index (χ0n) is 10.1. The number of nitrogens with two attached hydrogens (primary N) is 1. The Hall–Kier alpha value is -1.42. The minimum Gasteiger partial charge on any atom is -0.324 e. The summed E-state index contributed by atoms with van der Waals surface area (Å²) in [6.45, 7) is 1.87. The van der Waals surface area contributed by atoms with Gasteiger partial charge >= 0.3 is 0 Å². The van der Waals surface area contributed by atoms with Gasteiger partial charge in [0.25, 0.3) is 5.69 Å². The van der Waals surface area contributed by atoms with Crippen molar-refractivity contribution in [1.29, 1.82) is 0 Å². The fourth-order valence-corrected chi connectivity index (χ4v) is 2.68. The zero-order chi connectivity index (χ0) is 12.4. The summed E-state index contributed by atoms with van der Waals surface area (Å²) in [5.74, 6) is 0.483. The highest BCUT2D eigenvalue weighted by atomic mass is 16.6. The van der Waals surface area contributed by atoms with Crippen LogP contribution in [0.3, 0.4) is 0 Å². The van der Waals surface area contributed by atoms with E-state index in [2.05, 4.69) is 0 Å². The Kier molecular flexibility index (Phi) is 3.43. The van der Waals surface area contributed by atoms with Gasteiger partial charge in [0.05, 0.1) is 4.92 Å². The Labute approximate surface area is 101 Å². The van der Waals surface area contributed by atoms with Gasteiger partial charge in [-0.1, -0.05) is 18.9 Å². The maximum atomic E-state index is 10.8. The number of aryl methyl sites for hydroxylation is 1. The van der Waals surface area contributed by atoms with Crippen LogP contribution in [0, 0.1) is 23.0 Å².